The molecule has 0 radical (unpaired) electrons. The molecule has 1 aliphatic rings. The first-order valence-corrected chi connectivity index (χ1v) is 13.1. The van der Waals surface area contributed by atoms with Crippen molar-refractivity contribution in [1.82, 2.24) is 19.9 Å². The molecule has 0 spiro atoms. The number of ether oxygens (including phenoxy) is 3. The van der Waals surface area contributed by atoms with Gasteiger partial charge >= 0.3 is 6.09 Å². The fourth-order valence-corrected chi connectivity index (χ4v) is 3.80. The summed E-state index contributed by atoms with van der Waals surface area (Å²) in [5, 5.41) is 3.16. The van der Waals surface area contributed by atoms with Gasteiger partial charge < -0.3 is 24.4 Å². The predicted molar refractivity (Wildman–Crippen MR) is 130 cm³/mol. The number of hydrogen-bond acceptors (Lipinski definition) is 9. The van der Waals surface area contributed by atoms with Crippen LogP contribution in [0.1, 0.15) is 37.9 Å². The molecule has 11 heteroatoms. The predicted octanol–water partition coefficient (Wildman–Crippen LogP) is 3.46. The standard InChI is InChI=1S/C23H33N5O5S/c1-15(2)31-23(29)28-11-8-18(9-12-28)32-21-16(3)22(26-14-25-21)33-19-6-7-20(27-17(19)4)24-10-13-34(5)30/h6-7,14-15,18H,8-13H2,1-5H3,(H,24,27). The van der Waals surface area contributed by atoms with Crippen molar-refractivity contribution < 1.29 is 23.2 Å². The zero-order valence-electron chi connectivity index (χ0n) is 20.4. The summed E-state index contributed by atoms with van der Waals surface area (Å²) in [5.74, 6) is 2.69. The van der Waals surface area contributed by atoms with Gasteiger partial charge in [-0.15, -0.1) is 0 Å². The normalized spacial score (nSPS) is 15.2. The lowest BCUT2D eigenvalue weighted by molar-refractivity contribution is 0.0505. The Kier molecular flexibility index (Phi) is 9.03. The fourth-order valence-electron chi connectivity index (χ4n) is 3.41. The van der Waals surface area contributed by atoms with E-state index in [1.165, 1.54) is 6.33 Å². The highest BCUT2D eigenvalue weighted by molar-refractivity contribution is 7.84. The Labute approximate surface area is 202 Å². The van der Waals surface area contributed by atoms with E-state index >= 15 is 0 Å². The molecule has 1 amide bonds. The van der Waals surface area contributed by atoms with Crippen LogP contribution in [0, 0.1) is 13.8 Å². The Bertz CT molecular complexity index is 1010. The van der Waals surface area contributed by atoms with Gasteiger partial charge in [0.25, 0.3) is 0 Å². The number of anilines is 1. The number of hydrogen-bond donors (Lipinski definition) is 1. The van der Waals surface area contributed by atoms with Crippen LogP contribution < -0.4 is 14.8 Å². The number of pyridine rings is 1. The summed E-state index contributed by atoms with van der Waals surface area (Å²) in [7, 11) is -0.854. The van der Waals surface area contributed by atoms with Gasteiger partial charge in [0.05, 0.1) is 17.4 Å². The van der Waals surface area contributed by atoms with Crippen molar-refractivity contribution in [2.75, 3.05) is 37.0 Å². The maximum atomic E-state index is 12.1. The van der Waals surface area contributed by atoms with Crippen LogP contribution in [-0.2, 0) is 15.5 Å². The summed E-state index contributed by atoms with van der Waals surface area (Å²) < 4.78 is 28.6. The molecule has 1 fully saturated rings. The van der Waals surface area contributed by atoms with Crippen molar-refractivity contribution in [1.29, 1.82) is 0 Å². The summed E-state index contributed by atoms with van der Waals surface area (Å²) in [6.45, 7) is 9.11. The first-order valence-electron chi connectivity index (χ1n) is 11.4. The maximum Gasteiger partial charge on any atom is 0.410 e. The molecule has 3 rings (SSSR count). The molecule has 2 aromatic heterocycles. The van der Waals surface area contributed by atoms with Gasteiger partial charge in [-0.3, -0.25) is 4.21 Å². The average molecular weight is 492 g/mol. The summed E-state index contributed by atoms with van der Waals surface area (Å²) in [4.78, 5) is 26.8. The second kappa shape index (κ2) is 12.0. The van der Waals surface area contributed by atoms with Crippen LogP contribution in [0.3, 0.4) is 0 Å². The van der Waals surface area contributed by atoms with Gasteiger partial charge in [0.1, 0.15) is 18.2 Å². The van der Waals surface area contributed by atoms with Crippen molar-refractivity contribution in [3.63, 3.8) is 0 Å². The highest BCUT2D eigenvalue weighted by Gasteiger charge is 2.26. The molecule has 186 valence electrons. The van der Waals surface area contributed by atoms with Crippen LogP contribution in [0.15, 0.2) is 18.5 Å². The molecule has 34 heavy (non-hydrogen) atoms. The molecule has 0 aromatic carbocycles. The highest BCUT2D eigenvalue weighted by Crippen LogP contribution is 2.30. The largest absolute Gasteiger partial charge is 0.474 e. The van der Waals surface area contributed by atoms with E-state index in [0.29, 0.717) is 72.8 Å². The second-order valence-electron chi connectivity index (χ2n) is 8.43. The van der Waals surface area contributed by atoms with Gasteiger partial charge in [0.2, 0.25) is 11.8 Å². The number of carbonyl (C=O) groups excluding carboxylic acids is 1. The lowest BCUT2D eigenvalue weighted by Gasteiger charge is -2.31. The number of aryl methyl sites for hydroxylation is 1. The number of rotatable bonds is 9. The average Bonchev–Trinajstić information content (AvgIpc) is 2.78. The summed E-state index contributed by atoms with van der Waals surface area (Å²) in [6, 6.07) is 3.63. The van der Waals surface area contributed by atoms with Crippen LogP contribution >= 0.6 is 0 Å². The van der Waals surface area contributed by atoms with Gasteiger partial charge in [-0.2, -0.15) is 0 Å². The van der Waals surface area contributed by atoms with E-state index < -0.39 is 10.8 Å². The van der Waals surface area contributed by atoms with E-state index in [9.17, 15) is 9.00 Å². The van der Waals surface area contributed by atoms with Crippen LogP contribution in [0.25, 0.3) is 0 Å². The lowest BCUT2D eigenvalue weighted by atomic mass is 10.1. The first kappa shape index (κ1) is 25.7. The van der Waals surface area contributed by atoms with Crippen LogP contribution in [0.2, 0.25) is 0 Å². The lowest BCUT2D eigenvalue weighted by Crippen LogP contribution is -2.42. The monoisotopic (exact) mass is 491 g/mol. The number of likely N-dealkylation sites (tertiary alicyclic amines) is 1. The van der Waals surface area contributed by atoms with Gasteiger partial charge in [-0.1, -0.05) is 0 Å². The van der Waals surface area contributed by atoms with Crippen molar-refractivity contribution in [2.24, 2.45) is 0 Å². The molecule has 1 unspecified atom stereocenters. The third-order valence-electron chi connectivity index (χ3n) is 5.25. The van der Waals surface area contributed by atoms with E-state index in [-0.39, 0.29) is 18.3 Å². The van der Waals surface area contributed by atoms with Gasteiger partial charge in [0.15, 0.2) is 5.75 Å². The van der Waals surface area contributed by atoms with Crippen LogP contribution in [0.4, 0.5) is 10.6 Å². The Morgan fingerprint density at radius 2 is 1.91 bits per heavy atom. The van der Waals surface area contributed by atoms with Gasteiger partial charge in [-0.05, 0) is 39.8 Å². The summed E-state index contributed by atoms with van der Waals surface area (Å²) in [5.41, 5.74) is 1.39. The quantitative estimate of drug-likeness (QED) is 0.563. The number of nitrogens with zero attached hydrogens (tertiary/aromatic N) is 4. The first-order chi connectivity index (χ1) is 16.2. The van der Waals surface area contributed by atoms with Crippen molar-refractivity contribution >= 4 is 22.7 Å². The Morgan fingerprint density at radius 1 is 1.21 bits per heavy atom. The molecular weight excluding hydrogens is 458 g/mol. The number of aromatic nitrogens is 3. The molecule has 1 N–H and O–H groups in total. The number of nitrogens with one attached hydrogen (secondary N) is 1. The van der Waals surface area contributed by atoms with Gasteiger partial charge in [-0.25, -0.2) is 19.7 Å². The minimum absolute atomic E-state index is 0.0595. The zero-order valence-corrected chi connectivity index (χ0v) is 21.2. The topological polar surface area (TPSA) is 116 Å². The third-order valence-corrected chi connectivity index (χ3v) is 6.03. The minimum atomic E-state index is -0.854. The molecule has 2 aromatic rings. The van der Waals surface area contributed by atoms with E-state index in [1.54, 1.807) is 11.2 Å². The second-order valence-corrected chi connectivity index (χ2v) is 9.99. The molecule has 1 atom stereocenters. The summed E-state index contributed by atoms with van der Waals surface area (Å²) in [6.07, 6.45) is 3.99. The molecule has 10 nitrogen and oxygen atoms in total. The van der Waals surface area contributed by atoms with E-state index in [4.69, 9.17) is 14.2 Å². The maximum absolute atomic E-state index is 12.1. The number of carbonyl (C=O) groups is 1. The molecular formula is C23H33N5O5S. The smallest absolute Gasteiger partial charge is 0.410 e. The Hall–Kier alpha value is -2.95. The Balaban J connectivity index is 1.59. The van der Waals surface area contributed by atoms with Crippen molar-refractivity contribution in [3.05, 3.63) is 29.7 Å². The highest BCUT2D eigenvalue weighted by atomic mass is 32.2. The molecule has 1 saturated heterocycles. The van der Waals surface area contributed by atoms with E-state index in [0.717, 1.165) is 0 Å². The molecule has 3 heterocycles. The van der Waals surface area contributed by atoms with E-state index in [1.807, 2.05) is 39.8 Å². The molecule has 0 aliphatic carbocycles. The SMILES string of the molecule is Cc1nc(NCCS(C)=O)ccc1Oc1ncnc(OC2CCN(C(=O)OC(C)C)CC2)c1C. The van der Waals surface area contributed by atoms with Gasteiger partial charge in [0, 0.05) is 55.3 Å². The minimum Gasteiger partial charge on any atom is -0.474 e. The van der Waals surface area contributed by atoms with Crippen molar-refractivity contribution in [2.45, 2.75) is 52.7 Å². The molecule has 0 saturated carbocycles. The third kappa shape index (κ3) is 7.28. The molecule has 0 bridgehead atoms. The van der Waals surface area contributed by atoms with Crippen molar-refractivity contribution in [3.8, 4) is 17.5 Å². The fraction of sp³-hybridized carbons (Fsp3) is 0.565. The Morgan fingerprint density at radius 3 is 2.56 bits per heavy atom. The van der Waals surface area contributed by atoms with Crippen LogP contribution in [-0.4, -0.2) is 74.0 Å². The van der Waals surface area contributed by atoms with Crippen LogP contribution in [0.5, 0.6) is 17.5 Å². The zero-order chi connectivity index (χ0) is 24.7. The number of amides is 1. The number of piperidine rings is 1. The summed E-state index contributed by atoms with van der Waals surface area (Å²) >= 11 is 0. The molecule has 1 aliphatic heterocycles. The van der Waals surface area contributed by atoms with E-state index in [2.05, 4.69) is 20.3 Å².